The zero-order valence-electron chi connectivity index (χ0n) is 7.27. The van der Waals surface area contributed by atoms with E-state index in [9.17, 15) is 5.11 Å². The standard InChI is InChI=1S/C10H15NO/c1-8(11)10(12)7-9-5-3-2-4-6-9/h2-6,8,10,12H,7,11H2,1H3/t8?,10-/m1/s1. The second kappa shape index (κ2) is 4.24. The van der Waals surface area contributed by atoms with Gasteiger partial charge in [0.05, 0.1) is 6.10 Å². The predicted octanol–water partition coefficient (Wildman–Crippen LogP) is 0.937. The van der Waals surface area contributed by atoms with Gasteiger partial charge < -0.3 is 10.8 Å². The van der Waals surface area contributed by atoms with Crippen LogP contribution in [0.25, 0.3) is 0 Å². The van der Waals surface area contributed by atoms with Gasteiger partial charge in [-0.1, -0.05) is 30.3 Å². The molecule has 2 nitrogen and oxygen atoms in total. The normalized spacial score (nSPS) is 15.6. The Hall–Kier alpha value is -0.860. The zero-order valence-corrected chi connectivity index (χ0v) is 7.27. The van der Waals surface area contributed by atoms with Gasteiger partial charge in [-0.25, -0.2) is 0 Å². The molecule has 0 amide bonds. The van der Waals surface area contributed by atoms with Gasteiger partial charge in [-0.15, -0.1) is 0 Å². The Kier molecular flexibility index (Phi) is 3.26. The van der Waals surface area contributed by atoms with E-state index in [1.54, 1.807) is 0 Å². The first-order chi connectivity index (χ1) is 5.70. The van der Waals surface area contributed by atoms with Gasteiger partial charge in [0.2, 0.25) is 0 Å². The summed E-state index contributed by atoms with van der Waals surface area (Å²) < 4.78 is 0. The lowest BCUT2D eigenvalue weighted by molar-refractivity contribution is 0.151. The van der Waals surface area contributed by atoms with Crippen molar-refractivity contribution in [1.82, 2.24) is 0 Å². The molecule has 0 heterocycles. The van der Waals surface area contributed by atoms with Crippen molar-refractivity contribution >= 4 is 0 Å². The maximum Gasteiger partial charge on any atom is 0.0728 e. The highest BCUT2D eigenvalue weighted by molar-refractivity contribution is 5.15. The van der Waals surface area contributed by atoms with Crippen LogP contribution in [-0.2, 0) is 6.42 Å². The lowest BCUT2D eigenvalue weighted by Crippen LogP contribution is -2.32. The van der Waals surface area contributed by atoms with Crippen LogP contribution in [0, 0.1) is 0 Å². The van der Waals surface area contributed by atoms with E-state index in [1.807, 2.05) is 37.3 Å². The molecule has 12 heavy (non-hydrogen) atoms. The second-order valence-corrected chi connectivity index (χ2v) is 3.12. The molecule has 1 unspecified atom stereocenters. The van der Waals surface area contributed by atoms with Crippen LogP contribution in [0.5, 0.6) is 0 Å². The Labute approximate surface area is 73.0 Å². The molecule has 1 aromatic carbocycles. The quantitative estimate of drug-likeness (QED) is 0.700. The first kappa shape index (κ1) is 9.23. The van der Waals surface area contributed by atoms with Gasteiger partial charge in [0.25, 0.3) is 0 Å². The molecule has 0 spiro atoms. The average molecular weight is 165 g/mol. The van der Waals surface area contributed by atoms with Crippen molar-refractivity contribution in [3.8, 4) is 0 Å². The van der Waals surface area contributed by atoms with Gasteiger partial charge in [0, 0.05) is 6.04 Å². The van der Waals surface area contributed by atoms with Gasteiger partial charge in [-0.2, -0.15) is 0 Å². The molecule has 0 aromatic heterocycles. The highest BCUT2D eigenvalue weighted by atomic mass is 16.3. The van der Waals surface area contributed by atoms with Gasteiger partial charge in [-0.3, -0.25) is 0 Å². The fourth-order valence-electron chi connectivity index (χ4n) is 1.04. The molecule has 0 aliphatic rings. The van der Waals surface area contributed by atoms with E-state index in [-0.39, 0.29) is 6.04 Å². The largest absolute Gasteiger partial charge is 0.391 e. The molecule has 0 radical (unpaired) electrons. The van der Waals surface area contributed by atoms with E-state index in [0.29, 0.717) is 6.42 Å². The van der Waals surface area contributed by atoms with Crippen LogP contribution in [0.15, 0.2) is 30.3 Å². The molecule has 0 bridgehead atoms. The minimum absolute atomic E-state index is 0.162. The van der Waals surface area contributed by atoms with E-state index < -0.39 is 6.10 Å². The molecule has 66 valence electrons. The van der Waals surface area contributed by atoms with Crippen LogP contribution >= 0.6 is 0 Å². The van der Waals surface area contributed by atoms with E-state index in [4.69, 9.17) is 5.73 Å². The van der Waals surface area contributed by atoms with Crippen LogP contribution in [0.4, 0.5) is 0 Å². The van der Waals surface area contributed by atoms with Crippen molar-refractivity contribution in [2.24, 2.45) is 5.73 Å². The Bertz CT molecular complexity index is 221. The molecule has 0 aliphatic carbocycles. The van der Waals surface area contributed by atoms with Gasteiger partial charge >= 0.3 is 0 Å². The number of rotatable bonds is 3. The first-order valence-electron chi connectivity index (χ1n) is 4.17. The number of nitrogens with two attached hydrogens (primary N) is 1. The lowest BCUT2D eigenvalue weighted by atomic mass is 10.0. The number of hydrogen-bond acceptors (Lipinski definition) is 2. The third-order valence-corrected chi connectivity index (χ3v) is 1.89. The number of benzene rings is 1. The van der Waals surface area contributed by atoms with E-state index in [0.717, 1.165) is 5.56 Å². The highest BCUT2D eigenvalue weighted by Crippen LogP contribution is 2.04. The molecular weight excluding hydrogens is 150 g/mol. The van der Waals surface area contributed by atoms with Gasteiger partial charge in [-0.05, 0) is 18.9 Å². The molecule has 0 aliphatic heterocycles. The van der Waals surface area contributed by atoms with Crippen LogP contribution in [0.1, 0.15) is 12.5 Å². The first-order valence-corrected chi connectivity index (χ1v) is 4.17. The van der Waals surface area contributed by atoms with Gasteiger partial charge in [0.1, 0.15) is 0 Å². The third kappa shape index (κ3) is 2.64. The van der Waals surface area contributed by atoms with Crippen molar-refractivity contribution in [2.45, 2.75) is 25.5 Å². The summed E-state index contributed by atoms with van der Waals surface area (Å²) in [5.74, 6) is 0. The van der Waals surface area contributed by atoms with Crippen LogP contribution < -0.4 is 5.73 Å². The summed E-state index contributed by atoms with van der Waals surface area (Å²) in [7, 11) is 0. The molecule has 0 saturated carbocycles. The van der Waals surface area contributed by atoms with Crippen LogP contribution in [0.3, 0.4) is 0 Å². The Morgan fingerprint density at radius 2 is 1.92 bits per heavy atom. The topological polar surface area (TPSA) is 46.2 Å². The minimum atomic E-state index is -0.438. The Morgan fingerprint density at radius 3 is 2.42 bits per heavy atom. The summed E-state index contributed by atoms with van der Waals surface area (Å²) in [6.07, 6.45) is 0.200. The lowest BCUT2D eigenvalue weighted by Gasteiger charge is -2.13. The molecular formula is C10H15NO. The van der Waals surface area contributed by atoms with Crippen molar-refractivity contribution in [2.75, 3.05) is 0 Å². The fraction of sp³-hybridized carbons (Fsp3) is 0.400. The highest BCUT2D eigenvalue weighted by Gasteiger charge is 2.09. The number of aliphatic hydroxyl groups is 1. The number of hydrogen-bond donors (Lipinski definition) is 2. The van der Waals surface area contributed by atoms with Gasteiger partial charge in [0.15, 0.2) is 0 Å². The summed E-state index contributed by atoms with van der Waals surface area (Å²) in [5.41, 5.74) is 6.66. The molecule has 2 heteroatoms. The Morgan fingerprint density at radius 1 is 1.33 bits per heavy atom. The van der Waals surface area contributed by atoms with E-state index >= 15 is 0 Å². The maximum atomic E-state index is 9.45. The smallest absolute Gasteiger partial charge is 0.0728 e. The fourth-order valence-corrected chi connectivity index (χ4v) is 1.04. The summed E-state index contributed by atoms with van der Waals surface area (Å²) in [6.45, 7) is 1.81. The van der Waals surface area contributed by atoms with Crippen molar-refractivity contribution in [1.29, 1.82) is 0 Å². The van der Waals surface area contributed by atoms with Crippen molar-refractivity contribution in [3.05, 3.63) is 35.9 Å². The summed E-state index contributed by atoms with van der Waals surface area (Å²) in [6, 6.07) is 9.70. The minimum Gasteiger partial charge on any atom is -0.391 e. The molecule has 0 fully saturated rings. The van der Waals surface area contributed by atoms with E-state index in [1.165, 1.54) is 0 Å². The summed E-state index contributed by atoms with van der Waals surface area (Å²) >= 11 is 0. The molecule has 3 N–H and O–H groups in total. The third-order valence-electron chi connectivity index (χ3n) is 1.89. The van der Waals surface area contributed by atoms with Crippen LogP contribution in [-0.4, -0.2) is 17.3 Å². The van der Waals surface area contributed by atoms with Crippen molar-refractivity contribution < 1.29 is 5.11 Å². The summed E-state index contributed by atoms with van der Waals surface area (Å²) in [4.78, 5) is 0. The van der Waals surface area contributed by atoms with Crippen molar-refractivity contribution in [3.63, 3.8) is 0 Å². The SMILES string of the molecule is CC(N)[C@H](O)Cc1ccccc1. The second-order valence-electron chi connectivity index (χ2n) is 3.12. The molecule has 2 atom stereocenters. The summed E-state index contributed by atoms with van der Waals surface area (Å²) in [5, 5.41) is 9.45. The molecule has 0 saturated heterocycles. The molecule has 1 rings (SSSR count). The van der Waals surface area contributed by atoms with Crippen LogP contribution in [0.2, 0.25) is 0 Å². The zero-order chi connectivity index (χ0) is 8.97. The van der Waals surface area contributed by atoms with E-state index in [2.05, 4.69) is 0 Å². The number of aliphatic hydroxyl groups excluding tert-OH is 1. The Balaban J connectivity index is 2.53. The maximum absolute atomic E-state index is 9.45. The molecule has 1 aromatic rings. The predicted molar refractivity (Wildman–Crippen MR) is 49.8 cm³/mol. The monoisotopic (exact) mass is 165 g/mol. The average Bonchev–Trinajstić information content (AvgIpc) is 2.06.